The molecule has 19 heavy (non-hydrogen) atoms. The van der Waals surface area contributed by atoms with Crippen molar-refractivity contribution in [2.45, 2.75) is 11.5 Å². The van der Waals surface area contributed by atoms with E-state index in [4.69, 9.17) is 10.0 Å². The summed E-state index contributed by atoms with van der Waals surface area (Å²) < 4.78 is 13.3. The highest BCUT2D eigenvalue weighted by atomic mass is 32.2. The predicted molar refractivity (Wildman–Crippen MR) is 77.7 cm³/mol. The highest BCUT2D eigenvalue weighted by molar-refractivity contribution is 7.97. The summed E-state index contributed by atoms with van der Waals surface area (Å²) in [6.07, 6.45) is 0. The molecule has 0 aromatic heterocycles. The number of halogens is 1. The first-order valence-electron chi connectivity index (χ1n) is 5.93. The van der Waals surface area contributed by atoms with Crippen LogP contribution in [0.1, 0.15) is 11.1 Å². The van der Waals surface area contributed by atoms with Crippen molar-refractivity contribution < 1.29 is 14.4 Å². The summed E-state index contributed by atoms with van der Waals surface area (Å²) in [5.41, 5.74) is 2.04. The third-order valence-electron chi connectivity index (χ3n) is 2.72. The summed E-state index contributed by atoms with van der Waals surface area (Å²) in [5, 5.41) is 18.1. The molecule has 0 amide bonds. The molecule has 0 saturated heterocycles. The molecular weight excluding hydrogens is 262 g/mol. The van der Waals surface area contributed by atoms with Gasteiger partial charge in [0.15, 0.2) is 0 Å². The second kappa shape index (κ2) is 6.75. The summed E-state index contributed by atoms with van der Waals surface area (Å²) in [6, 6.07) is 14.5. The molecule has 0 saturated carbocycles. The highest BCUT2D eigenvalue weighted by Gasteiger charge is 2.16. The number of rotatable bonds is 5. The Morgan fingerprint density at radius 3 is 2.32 bits per heavy atom. The van der Waals surface area contributed by atoms with Gasteiger partial charge in [0.25, 0.3) is 0 Å². The lowest BCUT2D eigenvalue weighted by Crippen LogP contribution is -2.33. The molecule has 0 bridgehead atoms. The molecule has 0 spiro atoms. The van der Waals surface area contributed by atoms with E-state index in [2.05, 4.69) is 12.1 Å². The minimum absolute atomic E-state index is 0.0715. The van der Waals surface area contributed by atoms with Crippen LogP contribution in [0.5, 0.6) is 0 Å². The van der Waals surface area contributed by atoms with Gasteiger partial charge in [-0.05, 0) is 17.2 Å². The normalized spacial score (nSPS) is 10.5. The molecule has 0 fully saturated rings. The Hall–Kier alpha value is -1.30. The monoisotopic (exact) mass is 276 g/mol. The molecule has 5 heteroatoms. The Kier molecular flexibility index (Phi) is 5.02. The molecule has 0 aliphatic heterocycles. The Balaban J connectivity index is 1.95. The molecule has 2 aromatic carbocycles. The van der Waals surface area contributed by atoms with Gasteiger partial charge in [0.2, 0.25) is 0 Å². The van der Waals surface area contributed by atoms with Crippen LogP contribution in [0.25, 0.3) is 0 Å². The van der Waals surface area contributed by atoms with Gasteiger partial charge < -0.3 is 10.0 Å². The van der Waals surface area contributed by atoms with Crippen LogP contribution in [0.3, 0.4) is 0 Å². The maximum Gasteiger partial charge on any atom is 0.491 e. The average molecular weight is 276 g/mol. The number of hydrogen-bond donors (Lipinski definition) is 2. The van der Waals surface area contributed by atoms with E-state index in [1.54, 1.807) is 17.8 Å². The Morgan fingerprint density at radius 1 is 0.947 bits per heavy atom. The second-order valence-corrected chi connectivity index (χ2v) is 5.19. The molecule has 2 rings (SSSR count). The smallest absolute Gasteiger partial charge is 0.423 e. The summed E-state index contributed by atoms with van der Waals surface area (Å²) >= 11 is 1.70. The molecule has 0 aliphatic carbocycles. The minimum atomic E-state index is -1.76. The zero-order valence-corrected chi connectivity index (χ0v) is 11.1. The topological polar surface area (TPSA) is 40.5 Å². The Morgan fingerprint density at radius 2 is 1.63 bits per heavy atom. The first-order chi connectivity index (χ1) is 9.16. The maximum atomic E-state index is 13.3. The highest BCUT2D eigenvalue weighted by Crippen LogP contribution is 2.17. The van der Waals surface area contributed by atoms with Crippen molar-refractivity contribution in [3.05, 3.63) is 65.5 Å². The van der Waals surface area contributed by atoms with Gasteiger partial charge in [-0.1, -0.05) is 42.5 Å². The standard InChI is InChI=1S/C14H14BFO2S/c16-14-7-6-12(8-13(14)15(17)18)10-19-9-11-4-2-1-3-5-11/h1-8,17-18H,9-10H2. The third-order valence-corrected chi connectivity index (χ3v) is 3.79. The molecule has 0 aliphatic rings. The van der Waals surface area contributed by atoms with E-state index in [0.29, 0.717) is 5.75 Å². The van der Waals surface area contributed by atoms with Crippen LogP contribution < -0.4 is 5.46 Å². The van der Waals surface area contributed by atoms with Gasteiger partial charge in [-0.15, -0.1) is 0 Å². The Labute approximate surface area is 116 Å². The number of thioether (sulfide) groups is 1. The zero-order valence-electron chi connectivity index (χ0n) is 10.3. The fraction of sp³-hybridized carbons (Fsp3) is 0.143. The van der Waals surface area contributed by atoms with Crippen molar-refractivity contribution in [1.82, 2.24) is 0 Å². The predicted octanol–water partition coefficient (Wildman–Crippen LogP) is 1.94. The number of hydrogen-bond acceptors (Lipinski definition) is 3. The molecule has 0 atom stereocenters. The zero-order chi connectivity index (χ0) is 13.7. The lowest BCUT2D eigenvalue weighted by molar-refractivity contribution is 0.423. The fourth-order valence-corrected chi connectivity index (χ4v) is 2.69. The van der Waals surface area contributed by atoms with Crippen LogP contribution >= 0.6 is 11.8 Å². The first kappa shape index (κ1) is 14.1. The van der Waals surface area contributed by atoms with Crippen LogP contribution in [0.4, 0.5) is 4.39 Å². The quantitative estimate of drug-likeness (QED) is 0.820. The van der Waals surface area contributed by atoms with Gasteiger partial charge in [-0.3, -0.25) is 0 Å². The van der Waals surface area contributed by atoms with Gasteiger partial charge >= 0.3 is 7.12 Å². The lowest BCUT2D eigenvalue weighted by Gasteiger charge is -2.06. The van der Waals surface area contributed by atoms with Gasteiger partial charge in [-0.2, -0.15) is 11.8 Å². The van der Waals surface area contributed by atoms with Crippen LogP contribution in [-0.2, 0) is 11.5 Å². The molecule has 0 unspecified atom stereocenters. The molecule has 0 heterocycles. The van der Waals surface area contributed by atoms with Crippen molar-refractivity contribution in [2.24, 2.45) is 0 Å². The van der Waals surface area contributed by atoms with Gasteiger partial charge in [0.05, 0.1) is 0 Å². The van der Waals surface area contributed by atoms with Gasteiger partial charge in [0, 0.05) is 17.0 Å². The largest absolute Gasteiger partial charge is 0.491 e. The van der Waals surface area contributed by atoms with Crippen LogP contribution in [0.2, 0.25) is 0 Å². The summed E-state index contributed by atoms with van der Waals surface area (Å²) in [7, 11) is -1.76. The van der Waals surface area contributed by atoms with Crippen LogP contribution in [0.15, 0.2) is 48.5 Å². The van der Waals surface area contributed by atoms with E-state index in [-0.39, 0.29) is 5.46 Å². The summed E-state index contributed by atoms with van der Waals surface area (Å²) in [6.45, 7) is 0. The third kappa shape index (κ3) is 4.09. The minimum Gasteiger partial charge on any atom is -0.423 e. The lowest BCUT2D eigenvalue weighted by atomic mass is 9.79. The fourth-order valence-electron chi connectivity index (χ4n) is 1.74. The van der Waals surface area contributed by atoms with E-state index in [9.17, 15) is 4.39 Å². The van der Waals surface area contributed by atoms with E-state index in [1.807, 2.05) is 18.2 Å². The second-order valence-electron chi connectivity index (χ2n) is 4.21. The van der Waals surface area contributed by atoms with Crippen molar-refractivity contribution in [1.29, 1.82) is 0 Å². The summed E-state index contributed by atoms with van der Waals surface area (Å²) in [5.74, 6) is 0.983. The first-order valence-corrected chi connectivity index (χ1v) is 7.08. The molecule has 2 aromatic rings. The molecule has 98 valence electrons. The van der Waals surface area contributed by atoms with Crippen LogP contribution in [-0.4, -0.2) is 17.2 Å². The SMILES string of the molecule is OB(O)c1cc(CSCc2ccccc2)ccc1F. The van der Waals surface area contributed by atoms with Crippen LogP contribution in [0, 0.1) is 5.82 Å². The number of benzene rings is 2. The van der Waals surface area contributed by atoms with Crippen molar-refractivity contribution in [2.75, 3.05) is 0 Å². The van der Waals surface area contributed by atoms with E-state index >= 15 is 0 Å². The maximum absolute atomic E-state index is 13.3. The Bertz CT molecular complexity index is 534. The molecule has 2 N–H and O–H groups in total. The summed E-state index contributed by atoms with van der Waals surface area (Å²) in [4.78, 5) is 0. The van der Waals surface area contributed by atoms with Gasteiger partial charge in [-0.25, -0.2) is 4.39 Å². The van der Waals surface area contributed by atoms with E-state index in [1.165, 1.54) is 17.7 Å². The average Bonchev–Trinajstić information content (AvgIpc) is 2.41. The van der Waals surface area contributed by atoms with Crippen molar-refractivity contribution in [3.63, 3.8) is 0 Å². The van der Waals surface area contributed by atoms with Crippen molar-refractivity contribution >= 4 is 24.3 Å². The molecule has 2 nitrogen and oxygen atoms in total. The van der Waals surface area contributed by atoms with Crippen molar-refractivity contribution in [3.8, 4) is 0 Å². The molecular formula is C14H14BFO2S. The molecule has 0 radical (unpaired) electrons. The van der Waals surface area contributed by atoms with E-state index in [0.717, 1.165) is 11.3 Å². The van der Waals surface area contributed by atoms with Gasteiger partial charge in [0.1, 0.15) is 5.82 Å². The van der Waals surface area contributed by atoms with E-state index < -0.39 is 12.9 Å².